The molecule has 0 saturated heterocycles. The van der Waals surface area contributed by atoms with E-state index in [-0.39, 0.29) is 42.0 Å². The topological polar surface area (TPSA) is 94.7 Å². The number of carbonyl (C=O) groups is 1. The Kier molecular flexibility index (Phi) is 9.54. The van der Waals surface area contributed by atoms with Gasteiger partial charge >= 0.3 is 0 Å². The lowest BCUT2D eigenvalue weighted by molar-refractivity contribution is -0.129. The number of likely N-dealkylation sites (N-methyl/N-ethyl adjacent to an activating group) is 1. The largest absolute Gasteiger partial charge is 0.490 e. The highest BCUT2D eigenvalue weighted by Crippen LogP contribution is 2.47. The van der Waals surface area contributed by atoms with Crippen LogP contribution in [0.2, 0.25) is 0 Å². The number of fused-ring (bicyclic) bond motifs is 2. The summed E-state index contributed by atoms with van der Waals surface area (Å²) in [6, 6.07) is 8.83. The summed E-state index contributed by atoms with van der Waals surface area (Å²) in [4.78, 5) is 34.3. The van der Waals surface area contributed by atoms with Crippen LogP contribution in [0.5, 0.6) is 5.75 Å². The summed E-state index contributed by atoms with van der Waals surface area (Å²) < 4.78 is 45.9. The highest BCUT2D eigenvalue weighted by molar-refractivity contribution is 7.18. The molecule has 5 heterocycles. The first kappa shape index (κ1) is 33.2. The van der Waals surface area contributed by atoms with E-state index in [4.69, 9.17) is 19.6 Å². The number of aromatic nitrogens is 4. The highest BCUT2D eigenvalue weighted by Gasteiger charge is 2.30. The number of methoxy groups -OCH3 is 1. The normalized spacial score (nSPS) is 14.5. The van der Waals surface area contributed by atoms with Gasteiger partial charge in [-0.1, -0.05) is 6.58 Å². The Morgan fingerprint density at radius 1 is 1.15 bits per heavy atom. The summed E-state index contributed by atoms with van der Waals surface area (Å²) in [6.45, 7) is 7.74. The third kappa shape index (κ3) is 6.40. The third-order valence-electron chi connectivity index (χ3n) is 8.33. The van der Waals surface area contributed by atoms with Crippen molar-refractivity contribution in [2.45, 2.75) is 32.6 Å². The van der Waals surface area contributed by atoms with Gasteiger partial charge < -0.3 is 23.8 Å². The van der Waals surface area contributed by atoms with E-state index in [2.05, 4.69) is 6.58 Å². The number of pyridine rings is 2. The molecule has 1 aromatic carbocycles. The number of thiophene rings is 1. The fourth-order valence-corrected chi connectivity index (χ4v) is 6.85. The second-order valence-electron chi connectivity index (χ2n) is 11.9. The van der Waals surface area contributed by atoms with Crippen molar-refractivity contribution in [3.8, 4) is 39.5 Å². The number of halogens is 2. The van der Waals surface area contributed by atoms with Crippen LogP contribution in [-0.2, 0) is 29.2 Å². The van der Waals surface area contributed by atoms with E-state index in [1.165, 1.54) is 30.6 Å². The Bertz CT molecular complexity index is 2070. The van der Waals surface area contributed by atoms with Crippen molar-refractivity contribution in [2.75, 3.05) is 41.0 Å². The van der Waals surface area contributed by atoms with Gasteiger partial charge in [0.2, 0.25) is 5.91 Å². The van der Waals surface area contributed by atoms with Gasteiger partial charge in [-0.15, -0.1) is 11.3 Å². The Balaban J connectivity index is 1.61. The number of carbonyl (C=O) groups excluding carboxylic acids is 1. The maximum Gasteiger partial charge on any atom is 0.250 e. The zero-order valence-corrected chi connectivity index (χ0v) is 28.0. The minimum Gasteiger partial charge on any atom is -0.490 e. The standard InChI is InChI=1S/C35H36F2N6O4S/c1-6-29(44)42-20-24-17-27(39-43(24)18-21(42)2)34-32(31-26(37)15-23(36)16-28(31)47-13-12-46-5)35-25(9-14-48-35)33(38-34)22-7-8-30(45)41(19-22)11-10-40(3)4/h6-9,14-17,19,21H,1,10-13,18,20H2,2-5H3. The van der Waals surface area contributed by atoms with Gasteiger partial charge in [0.1, 0.15) is 35.4 Å². The van der Waals surface area contributed by atoms with Crippen LogP contribution in [0.4, 0.5) is 8.78 Å². The molecule has 0 spiro atoms. The Morgan fingerprint density at radius 3 is 2.71 bits per heavy atom. The molecule has 0 aliphatic carbocycles. The number of nitrogens with zero attached hydrogens (tertiary/aromatic N) is 6. The second kappa shape index (κ2) is 13.8. The van der Waals surface area contributed by atoms with Crippen molar-refractivity contribution >= 4 is 27.3 Å². The van der Waals surface area contributed by atoms with Gasteiger partial charge in [0.05, 0.1) is 36.6 Å². The van der Waals surface area contributed by atoms with Crippen molar-refractivity contribution in [1.82, 2.24) is 29.1 Å². The van der Waals surface area contributed by atoms with Crippen LogP contribution in [0.3, 0.4) is 0 Å². The molecule has 0 N–H and O–H groups in total. The van der Waals surface area contributed by atoms with E-state index >= 15 is 4.39 Å². The van der Waals surface area contributed by atoms with Gasteiger partial charge in [-0.3, -0.25) is 14.3 Å². The van der Waals surface area contributed by atoms with Crippen molar-refractivity contribution in [3.63, 3.8) is 0 Å². The average molecular weight is 675 g/mol. The van der Waals surface area contributed by atoms with Crippen LogP contribution in [0.1, 0.15) is 12.6 Å². The smallest absolute Gasteiger partial charge is 0.250 e. The minimum absolute atomic E-state index is 0.00707. The summed E-state index contributed by atoms with van der Waals surface area (Å²) >= 11 is 1.39. The fourth-order valence-electron chi connectivity index (χ4n) is 5.91. The van der Waals surface area contributed by atoms with E-state index in [0.29, 0.717) is 59.1 Å². The van der Waals surface area contributed by atoms with Crippen LogP contribution < -0.4 is 10.3 Å². The molecule has 1 atom stereocenters. The molecule has 4 aromatic heterocycles. The zero-order chi connectivity index (χ0) is 34.1. The lowest BCUT2D eigenvalue weighted by Crippen LogP contribution is -2.44. The summed E-state index contributed by atoms with van der Waals surface area (Å²) in [6.07, 6.45) is 3.08. The average Bonchev–Trinajstić information content (AvgIpc) is 3.71. The lowest BCUT2D eigenvalue weighted by Gasteiger charge is -2.33. The Hall–Kier alpha value is -4.72. The molecule has 1 unspecified atom stereocenters. The Morgan fingerprint density at radius 2 is 1.96 bits per heavy atom. The summed E-state index contributed by atoms with van der Waals surface area (Å²) in [5.41, 5.74) is 3.15. The molecule has 48 heavy (non-hydrogen) atoms. The first-order valence-corrected chi connectivity index (χ1v) is 16.4. The van der Waals surface area contributed by atoms with Gasteiger partial charge in [-0.2, -0.15) is 5.10 Å². The van der Waals surface area contributed by atoms with Crippen molar-refractivity contribution in [1.29, 1.82) is 0 Å². The molecule has 0 bridgehead atoms. The van der Waals surface area contributed by atoms with Gasteiger partial charge in [-0.05, 0) is 50.7 Å². The monoisotopic (exact) mass is 674 g/mol. The van der Waals surface area contributed by atoms with Gasteiger partial charge in [-0.25, -0.2) is 13.8 Å². The molecule has 0 radical (unpaired) electrons. The van der Waals surface area contributed by atoms with E-state index in [9.17, 15) is 14.0 Å². The molecule has 1 amide bonds. The maximum absolute atomic E-state index is 16.1. The number of hydrogen-bond donors (Lipinski definition) is 0. The first-order valence-electron chi connectivity index (χ1n) is 15.5. The minimum atomic E-state index is -0.814. The molecular formula is C35H36F2N6O4S. The van der Waals surface area contributed by atoms with Crippen molar-refractivity contribution < 1.29 is 23.0 Å². The molecule has 1 aliphatic heterocycles. The molecule has 250 valence electrons. The molecule has 1 aliphatic rings. The quantitative estimate of drug-likeness (QED) is 0.136. The number of benzene rings is 1. The van der Waals surface area contributed by atoms with Crippen LogP contribution in [0.25, 0.3) is 43.9 Å². The van der Waals surface area contributed by atoms with Gasteiger partial charge in [0.25, 0.3) is 5.56 Å². The van der Waals surface area contributed by atoms with Gasteiger partial charge in [0, 0.05) is 71.9 Å². The van der Waals surface area contributed by atoms with Crippen LogP contribution in [0.15, 0.2) is 65.4 Å². The second-order valence-corrected chi connectivity index (χ2v) is 12.8. The molecular weight excluding hydrogens is 638 g/mol. The number of ether oxygens (including phenoxy) is 2. The van der Waals surface area contributed by atoms with E-state index in [0.717, 1.165) is 23.2 Å². The van der Waals surface area contributed by atoms with Crippen LogP contribution in [0, 0.1) is 11.6 Å². The SMILES string of the molecule is C=CC(=O)N1Cc2cc(-c3nc(-c4ccc(=O)n(CCN(C)C)c4)c4ccsc4c3-c3c(F)cc(F)cc3OCCOC)nn2CC1C. The summed E-state index contributed by atoms with van der Waals surface area (Å²) in [7, 11) is 5.40. The predicted octanol–water partition coefficient (Wildman–Crippen LogP) is 5.44. The van der Waals surface area contributed by atoms with Crippen molar-refractivity contribution in [2.24, 2.45) is 0 Å². The van der Waals surface area contributed by atoms with Crippen LogP contribution in [-0.4, -0.2) is 82.0 Å². The number of hydrogen-bond acceptors (Lipinski definition) is 8. The molecule has 0 fully saturated rings. The van der Waals surface area contributed by atoms with Gasteiger partial charge in [0.15, 0.2) is 0 Å². The fraction of sp³-hybridized carbons (Fsp3) is 0.314. The first-order chi connectivity index (χ1) is 23.1. The molecule has 0 saturated carbocycles. The maximum atomic E-state index is 16.1. The zero-order valence-electron chi connectivity index (χ0n) is 27.2. The molecule has 13 heteroatoms. The Labute approximate surface area is 280 Å². The third-order valence-corrected chi connectivity index (χ3v) is 9.26. The van der Waals surface area contributed by atoms with Crippen molar-refractivity contribution in [3.05, 3.63) is 88.3 Å². The van der Waals surface area contributed by atoms with E-state index in [1.54, 1.807) is 21.7 Å². The number of amides is 1. The molecule has 10 nitrogen and oxygen atoms in total. The molecule has 6 rings (SSSR count). The predicted molar refractivity (Wildman–Crippen MR) is 182 cm³/mol. The lowest BCUT2D eigenvalue weighted by atomic mass is 9.96. The van der Waals surface area contributed by atoms with E-state index in [1.807, 2.05) is 48.1 Å². The molecule has 5 aromatic rings. The van der Waals surface area contributed by atoms with E-state index < -0.39 is 11.6 Å². The summed E-state index contributed by atoms with van der Waals surface area (Å²) in [5, 5.41) is 7.52. The van der Waals surface area contributed by atoms with Crippen LogP contribution >= 0.6 is 11.3 Å². The summed E-state index contributed by atoms with van der Waals surface area (Å²) in [5.74, 6) is -1.78. The number of rotatable bonds is 11. The highest BCUT2D eigenvalue weighted by atomic mass is 32.1.